The fourth-order valence-corrected chi connectivity index (χ4v) is 5.48. The van der Waals surface area contributed by atoms with Crippen LogP contribution >= 0.6 is 0 Å². The van der Waals surface area contributed by atoms with Crippen molar-refractivity contribution in [1.82, 2.24) is 10.2 Å². The predicted molar refractivity (Wildman–Crippen MR) is 150 cm³/mol. The van der Waals surface area contributed by atoms with Gasteiger partial charge in [0.1, 0.15) is 5.82 Å². The summed E-state index contributed by atoms with van der Waals surface area (Å²) >= 11 is 0. The largest absolute Gasteiger partial charge is 0.453 e. The van der Waals surface area contributed by atoms with Crippen LogP contribution in [0.15, 0.2) is 42.5 Å². The van der Waals surface area contributed by atoms with Gasteiger partial charge in [-0.1, -0.05) is 43.3 Å². The highest BCUT2D eigenvalue weighted by Gasteiger charge is 2.43. The number of aliphatic hydroxyl groups is 1. The molecule has 10 heteroatoms. The van der Waals surface area contributed by atoms with E-state index in [0.717, 1.165) is 12.0 Å². The van der Waals surface area contributed by atoms with Crippen molar-refractivity contribution < 1.29 is 28.6 Å². The first-order valence-corrected chi connectivity index (χ1v) is 13.9. The van der Waals surface area contributed by atoms with Crippen LogP contribution in [0.1, 0.15) is 56.6 Å². The van der Waals surface area contributed by atoms with Gasteiger partial charge in [0.15, 0.2) is 0 Å². The molecule has 1 heterocycles. The van der Waals surface area contributed by atoms with E-state index < -0.39 is 35.4 Å². The molecular weight excluding hydrogens is 515 g/mol. The third-order valence-corrected chi connectivity index (χ3v) is 7.78. The van der Waals surface area contributed by atoms with Gasteiger partial charge in [0.05, 0.1) is 18.8 Å². The van der Waals surface area contributed by atoms with Crippen molar-refractivity contribution in [2.24, 2.45) is 17.4 Å². The quantitative estimate of drug-likeness (QED) is 0.295. The lowest BCUT2D eigenvalue weighted by Gasteiger charge is -2.44. The Bertz CT molecular complexity index is 1190. The first-order valence-electron chi connectivity index (χ1n) is 13.9. The second kappa shape index (κ2) is 14.2. The molecule has 1 saturated heterocycles. The first-order chi connectivity index (χ1) is 19.1. The van der Waals surface area contributed by atoms with Crippen molar-refractivity contribution in [1.29, 1.82) is 0 Å². The molecule has 0 radical (unpaired) electrons. The molecule has 0 saturated carbocycles. The molecule has 1 aliphatic rings. The lowest BCUT2D eigenvalue weighted by Crippen LogP contribution is -2.49. The minimum atomic E-state index is -1.50. The zero-order chi connectivity index (χ0) is 29.3. The number of benzene rings is 2. The molecule has 40 heavy (non-hydrogen) atoms. The number of carbonyl (C=O) groups is 3. The Morgan fingerprint density at radius 2 is 2.00 bits per heavy atom. The summed E-state index contributed by atoms with van der Waals surface area (Å²) in [5.41, 5.74) is 11.9. The molecule has 218 valence electrons. The maximum absolute atomic E-state index is 15.6. The van der Waals surface area contributed by atoms with Crippen molar-refractivity contribution in [3.8, 4) is 11.1 Å². The summed E-state index contributed by atoms with van der Waals surface area (Å²) in [6.45, 7) is 3.05. The molecule has 3 rings (SSSR count). The van der Waals surface area contributed by atoms with E-state index in [0.29, 0.717) is 42.5 Å². The lowest BCUT2D eigenvalue weighted by molar-refractivity contribution is -0.137. The van der Waals surface area contributed by atoms with Crippen LogP contribution in [0.2, 0.25) is 0 Å². The standard InChI is InChI=1S/C30H41FN4O5/c1-3-20-8-4-9-21(18-20)27-23(11-5-12-24(27)31)30(39,15-7-16-34-29(38)40-2)22-10-6-17-35(19-22)26(36)14-13-25(32)28(33)37/h4-5,8-9,11-12,18,22,25,39H,3,6-7,10,13-17,19,32H2,1-2H3,(H2,33,37)(H,34,38)/t22-,25+,30?/m1/s1. The van der Waals surface area contributed by atoms with E-state index in [9.17, 15) is 19.5 Å². The number of amides is 3. The topological polar surface area (TPSA) is 148 Å². The average molecular weight is 557 g/mol. The number of methoxy groups -OCH3 is 1. The summed E-state index contributed by atoms with van der Waals surface area (Å²) in [7, 11) is 1.28. The van der Waals surface area contributed by atoms with Gasteiger partial charge in [-0.15, -0.1) is 0 Å². The summed E-state index contributed by atoms with van der Waals surface area (Å²) < 4.78 is 20.2. The fourth-order valence-electron chi connectivity index (χ4n) is 5.48. The van der Waals surface area contributed by atoms with Gasteiger partial charge >= 0.3 is 6.09 Å². The van der Waals surface area contributed by atoms with Crippen molar-refractivity contribution in [2.45, 2.75) is 63.5 Å². The van der Waals surface area contributed by atoms with Crippen molar-refractivity contribution in [3.63, 3.8) is 0 Å². The first kappa shape index (κ1) is 31.0. The molecule has 3 amide bonds. The summed E-state index contributed by atoms with van der Waals surface area (Å²) in [4.78, 5) is 37.6. The third-order valence-electron chi connectivity index (χ3n) is 7.78. The molecule has 0 aromatic heterocycles. The summed E-state index contributed by atoms with van der Waals surface area (Å²) in [5.74, 6) is -1.68. The number of nitrogens with one attached hydrogen (secondary N) is 1. The van der Waals surface area contributed by atoms with Crippen LogP contribution < -0.4 is 16.8 Å². The zero-order valence-corrected chi connectivity index (χ0v) is 23.3. The van der Waals surface area contributed by atoms with Gasteiger partial charge in [-0.3, -0.25) is 9.59 Å². The molecule has 1 unspecified atom stereocenters. The Morgan fingerprint density at radius 1 is 1.25 bits per heavy atom. The second-order valence-electron chi connectivity index (χ2n) is 10.4. The number of nitrogens with zero attached hydrogens (tertiary/aromatic N) is 1. The van der Waals surface area contributed by atoms with Crippen LogP contribution in [0.25, 0.3) is 11.1 Å². The zero-order valence-electron chi connectivity index (χ0n) is 23.3. The third kappa shape index (κ3) is 7.57. The average Bonchev–Trinajstić information content (AvgIpc) is 2.97. The van der Waals surface area contributed by atoms with Gasteiger partial charge in [0.25, 0.3) is 0 Å². The minimum Gasteiger partial charge on any atom is -0.453 e. The fraction of sp³-hybridized carbons (Fsp3) is 0.500. The Balaban J connectivity index is 1.96. The molecule has 2 aromatic rings. The summed E-state index contributed by atoms with van der Waals surface area (Å²) in [6, 6.07) is 11.4. The molecule has 0 bridgehead atoms. The lowest BCUT2D eigenvalue weighted by atomic mass is 9.72. The second-order valence-corrected chi connectivity index (χ2v) is 10.4. The Morgan fingerprint density at radius 3 is 2.70 bits per heavy atom. The van der Waals surface area contributed by atoms with Crippen LogP contribution in [0.3, 0.4) is 0 Å². The normalized spacial score (nSPS) is 17.5. The number of hydrogen-bond acceptors (Lipinski definition) is 6. The number of rotatable bonds is 12. The number of piperidine rings is 1. The number of primary amides is 1. The Labute approximate surface area is 235 Å². The highest BCUT2D eigenvalue weighted by Crippen LogP contribution is 2.44. The van der Waals surface area contributed by atoms with E-state index in [1.165, 1.54) is 13.2 Å². The molecule has 2 aromatic carbocycles. The number of ether oxygens (including phenoxy) is 1. The maximum Gasteiger partial charge on any atom is 0.406 e. The van der Waals surface area contributed by atoms with Crippen LogP contribution in [0, 0.1) is 11.7 Å². The number of hydrogen-bond donors (Lipinski definition) is 4. The highest BCUT2D eigenvalue weighted by molar-refractivity contribution is 5.81. The molecule has 6 N–H and O–H groups in total. The SMILES string of the molecule is CCc1cccc(-c2c(F)cccc2C(O)(CCCNC(=O)OC)[C@@H]2CCCN(C(=O)CC[C@H](N)C(N)=O)C2)c1. The number of nitrogens with two attached hydrogens (primary N) is 2. The molecule has 0 aliphatic carbocycles. The highest BCUT2D eigenvalue weighted by atomic mass is 19.1. The van der Waals surface area contributed by atoms with Gasteiger partial charge in [-0.05, 0) is 61.3 Å². The summed E-state index contributed by atoms with van der Waals surface area (Å²) in [5, 5.41) is 15.1. The van der Waals surface area contributed by atoms with E-state index >= 15 is 4.39 Å². The number of alkyl carbamates (subject to hydrolysis) is 1. The van der Waals surface area contributed by atoms with Crippen molar-refractivity contribution in [2.75, 3.05) is 26.7 Å². The smallest absolute Gasteiger partial charge is 0.406 e. The van der Waals surface area contributed by atoms with Gasteiger partial charge in [0.2, 0.25) is 11.8 Å². The van der Waals surface area contributed by atoms with Gasteiger partial charge in [0, 0.05) is 37.5 Å². The van der Waals surface area contributed by atoms with Crippen molar-refractivity contribution in [3.05, 3.63) is 59.4 Å². The monoisotopic (exact) mass is 556 g/mol. The van der Waals surface area contributed by atoms with Gasteiger partial charge in [-0.25, -0.2) is 9.18 Å². The number of aryl methyl sites for hydroxylation is 1. The molecule has 0 spiro atoms. The molecule has 9 nitrogen and oxygen atoms in total. The van der Waals surface area contributed by atoms with E-state index in [1.54, 1.807) is 17.0 Å². The van der Waals surface area contributed by atoms with E-state index in [1.807, 2.05) is 31.2 Å². The van der Waals surface area contributed by atoms with Gasteiger partial charge in [-0.2, -0.15) is 0 Å². The molecular formula is C30H41FN4O5. The van der Waals surface area contributed by atoms with Crippen LogP contribution in [-0.2, 0) is 26.3 Å². The molecule has 3 atom stereocenters. The predicted octanol–water partition coefficient (Wildman–Crippen LogP) is 3.21. The van der Waals surface area contributed by atoms with Crippen LogP contribution in [0.4, 0.5) is 9.18 Å². The maximum atomic E-state index is 15.6. The van der Waals surface area contributed by atoms with Crippen LogP contribution in [0.5, 0.6) is 0 Å². The van der Waals surface area contributed by atoms with E-state index in [4.69, 9.17) is 11.5 Å². The number of halogens is 1. The van der Waals surface area contributed by atoms with E-state index in [-0.39, 0.29) is 38.3 Å². The van der Waals surface area contributed by atoms with E-state index in [2.05, 4.69) is 10.1 Å². The van der Waals surface area contributed by atoms with Crippen molar-refractivity contribution >= 4 is 17.9 Å². The Hall–Kier alpha value is -3.50. The van der Waals surface area contributed by atoms with Gasteiger partial charge < -0.3 is 31.5 Å². The molecule has 1 aliphatic heterocycles. The Kier molecular flexibility index (Phi) is 11.0. The molecule has 1 fully saturated rings. The van der Waals surface area contributed by atoms with Crippen LogP contribution in [-0.4, -0.2) is 60.7 Å². The summed E-state index contributed by atoms with van der Waals surface area (Å²) in [6.07, 6.45) is 2.30. The number of carbonyl (C=O) groups excluding carboxylic acids is 3. The minimum absolute atomic E-state index is 0.0628. The number of likely N-dealkylation sites (tertiary alicyclic amines) is 1.